The number of hydrogen-bond donors (Lipinski definition) is 0. The van der Waals surface area contributed by atoms with Crippen LogP contribution < -0.4 is 16.1 Å². The van der Waals surface area contributed by atoms with E-state index in [9.17, 15) is 14.4 Å². The molecule has 0 radical (unpaired) electrons. The lowest BCUT2D eigenvalue weighted by molar-refractivity contribution is -0.130. The second kappa shape index (κ2) is 7.92. The molecule has 1 aromatic carbocycles. The quantitative estimate of drug-likeness (QED) is 0.614. The number of rotatable bonds is 3. The minimum absolute atomic E-state index is 0.0164. The molecule has 0 unspecified atom stereocenters. The topological polar surface area (TPSA) is 72.5 Å². The van der Waals surface area contributed by atoms with Gasteiger partial charge in [-0.1, -0.05) is 17.7 Å². The van der Waals surface area contributed by atoms with Gasteiger partial charge in [0.25, 0.3) is 5.56 Å². The Morgan fingerprint density at radius 2 is 1.68 bits per heavy atom. The van der Waals surface area contributed by atoms with Crippen LogP contribution in [0.1, 0.15) is 11.3 Å². The molecule has 2 aromatic heterocycles. The van der Waals surface area contributed by atoms with Gasteiger partial charge in [0, 0.05) is 63.7 Å². The minimum Gasteiger partial charge on any atom is -0.368 e. The first-order chi connectivity index (χ1) is 14.7. The fourth-order valence-corrected chi connectivity index (χ4v) is 4.58. The number of anilines is 1. The normalized spacial score (nSPS) is 14.5. The third-order valence-corrected chi connectivity index (χ3v) is 6.56. The monoisotopic (exact) mass is 443 g/mol. The number of piperazine rings is 1. The van der Waals surface area contributed by atoms with Crippen molar-refractivity contribution in [1.29, 1.82) is 0 Å². The van der Waals surface area contributed by atoms with Crippen LogP contribution in [0.4, 0.5) is 5.69 Å². The van der Waals surface area contributed by atoms with Crippen LogP contribution in [0.3, 0.4) is 0 Å². The van der Waals surface area contributed by atoms with Crippen molar-refractivity contribution in [3.05, 3.63) is 61.4 Å². The molecule has 8 nitrogen and oxygen atoms in total. The Kier molecular flexibility index (Phi) is 5.43. The highest BCUT2D eigenvalue weighted by Crippen LogP contribution is 2.24. The number of carbonyl (C=O) groups is 1. The zero-order valence-electron chi connectivity index (χ0n) is 18.2. The summed E-state index contributed by atoms with van der Waals surface area (Å²) < 4.78 is 4.37. The number of nitrogens with zero attached hydrogens (tertiary/aromatic N) is 5. The molecule has 1 amide bonds. The number of carbonyl (C=O) groups excluding carboxylic acids is 1. The Morgan fingerprint density at radius 1 is 1.00 bits per heavy atom. The van der Waals surface area contributed by atoms with Gasteiger partial charge in [-0.25, -0.2) is 4.79 Å². The molecule has 4 rings (SSSR count). The highest BCUT2D eigenvalue weighted by Gasteiger charge is 2.26. The molecular formula is C22H26ClN5O3. The second-order valence-electron chi connectivity index (χ2n) is 8.05. The highest BCUT2D eigenvalue weighted by molar-refractivity contribution is 6.30. The first-order valence-electron chi connectivity index (χ1n) is 10.2. The van der Waals surface area contributed by atoms with Gasteiger partial charge >= 0.3 is 5.69 Å². The summed E-state index contributed by atoms with van der Waals surface area (Å²) >= 11 is 6.10. The van der Waals surface area contributed by atoms with Gasteiger partial charge < -0.3 is 14.4 Å². The van der Waals surface area contributed by atoms with Crippen LogP contribution in [0.25, 0.3) is 11.0 Å². The SMILES string of the molecule is Cc1c(CC(=O)N2CCN(c3cccc(Cl)c3)CC2)c2c(=O)n(C)c(=O)n(C)c2n1C. The van der Waals surface area contributed by atoms with Gasteiger partial charge in [-0.2, -0.15) is 0 Å². The summed E-state index contributed by atoms with van der Waals surface area (Å²) in [5.74, 6) is -0.0164. The molecule has 0 spiro atoms. The number of aryl methyl sites for hydroxylation is 2. The summed E-state index contributed by atoms with van der Waals surface area (Å²) in [4.78, 5) is 42.4. The molecule has 9 heteroatoms. The van der Waals surface area contributed by atoms with Crippen molar-refractivity contribution >= 4 is 34.2 Å². The Bertz CT molecular complexity index is 1300. The molecule has 1 saturated heterocycles. The molecule has 3 aromatic rings. The average Bonchev–Trinajstić information content (AvgIpc) is 3.01. The summed E-state index contributed by atoms with van der Waals surface area (Å²) in [6.07, 6.45) is 0.133. The van der Waals surface area contributed by atoms with Gasteiger partial charge in [0.2, 0.25) is 5.91 Å². The smallest absolute Gasteiger partial charge is 0.332 e. The van der Waals surface area contributed by atoms with Crippen LogP contribution >= 0.6 is 11.6 Å². The van der Waals surface area contributed by atoms with Crippen LogP contribution in [-0.4, -0.2) is 50.7 Å². The van der Waals surface area contributed by atoms with E-state index in [1.54, 1.807) is 7.05 Å². The summed E-state index contributed by atoms with van der Waals surface area (Å²) in [5, 5.41) is 1.13. The Labute approximate surface area is 184 Å². The van der Waals surface area contributed by atoms with Gasteiger partial charge in [-0.15, -0.1) is 0 Å². The maximum Gasteiger partial charge on any atom is 0.332 e. The maximum atomic E-state index is 13.1. The number of hydrogen-bond acceptors (Lipinski definition) is 4. The van der Waals surface area contributed by atoms with Gasteiger partial charge in [-0.3, -0.25) is 18.7 Å². The molecule has 0 saturated carbocycles. The van der Waals surface area contributed by atoms with E-state index < -0.39 is 0 Å². The van der Waals surface area contributed by atoms with Crippen molar-refractivity contribution < 1.29 is 4.79 Å². The summed E-state index contributed by atoms with van der Waals surface area (Å²) in [5.41, 5.74) is 2.35. The highest BCUT2D eigenvalue weighted by atomic mass is 35.5. The standard InChI is InChI=1S/C22H26ClN5O3/c1-14-17(19-20(24(14)2)25(3)22(31)26(4)21(19)30)13-18(29)28-10-8-27(9-11-28)16-7-5-6-15(23)12-16/h5-7,12H,8-11,13H2,1-4H3. The summed E-state index contributed by atoms with van der Waals surface area (Å²) in [6.45, 7) is 4.52. The lowest BCUT2D eigenvalue weighted by atomic mass is 10.1. The van der Waals surface area contributed by atoms with Crippen LogP contribution in [-0.2, 0) is 32.4 Å². The van der Waals surface area contributed by atoms with Crippen molar-refractivity contribution in [3.63, 3.8) is 0 Å². The zero-order valence-corrected chi connectivity index (χ0v) is 18.9. The Morgan fingerprint density at radius 3 is 2.32 bits per heavy atom. The van der Waals surface area contributed by atoms with Crippen molar-refractivity contribution in [1.82, 2.24) is 18.6 Å². The van der Waals surface area contributed by atoms with Crippen molar-refractivity contribution in [2.45, 2.75) is 13.3 Å². The van der Waals surface area contributed by atoms with Crippen LogP contribution in [0.15, 0.2) is 33.9 Å². The number of aromatic nitrogens is 3. The Hall–Kier alpha value is -3.00. The van der Waals surface area contributed by atoms with Gasteiger partial charge in [0.15, 0.2) is 0 Å². The number of fused-ring (bicyclic) bond motifs is 1. The molecule has 3 heterocycles. The van der Waals surface area contributed by atoms with E-state index >= 15 is 0 Å². The lowest BCUT2D eigenvalue weighted by Crippen LogP contribution is -2.49. The molecule has 31 heavy (non-hydrogen) atoms. The molecule has 1 aliphatic rings. The van der Waals surface area contributed by atoms with Gasteiger partial charge in [-0.05, 0) is 30.7 Å². The van der Waals surface area contributed by atoms with Crippen molar-refractivity contribution in [3.8, 4) is 0 Å². The van der Waals surface area contributed by atoms with Gasteiger partial charge in [0.1, 0.15) is 5.65 Å². The lowest BCUT2D eigenvalue weighted by Gasteiger charge is -2.36. The largest absolute Gasteiger partial charge is 0.368 e. The molecule has 1 fully saturated rings. The van der Waals surface area contributed by atoms with Crippen molar-refractivity contribution in [2.24, 2.45) is 21.1 Å². The van der Waals surface area contributed by atoms with Crippen molar-refractivity contribution in [2.75, 3.05) is 31.1 Å². The second-order valence-corrected chi connectivity index (χ2v) is 8.49. The minimum atomic E-state index is -0.381. The van der Waals surface area contributed by atoms with E-state index in [2.05, 4.69) is 4.90 Å². The third-order valence-electron chi connectivity index (χ3n) is 6.33. The van der Waals surface area contributed by atoms with E-state index in [4.69, 9.17) is 11.6 Å². The fourth-order valence-electron chi connectivity index (χ4n) is 4.40. The van der Waals surface area contributed by atoms with Gasteiger partial charge in [0.05, 0.1) is 11.8 Å². The molecule has 0 N–H and O–H groups in total. The van der Waals surface area contributed by atoms with Crippen LogP contribution in [0, 0.1) is 6.92 Å². The fraction of sp³-hybridized carbons (Fsp3) is 0.409. The Balaban J connectivity index is 1.58. The molecular weight excluding hydrogens is 418 g/mol. The van der Waals surface area contributed by atoms with Crippen LogP contribution in [0.5, 0.6) is 0 Å². The average molecular weight is 444 g/mol. The van der Waals surface area contributed by atoms with E-state index in [1.807, 2.05) is 47.7 Å². The number of halogens is 1. The molecule has 0 atom stereocenters. The predicted octanol–water partition coefficient (Wildman–Crippen LogP) is 1.43. The molecule has 0 bridgehead atoms. The third kappa shape index (κ3) is 3.54. The number of amides is 1. The van der Waals surface area contributed by atoms with E-state index in [-0.39, 0.29) is 23.6 Å². The summed E-state index contributed by atoms with van der Waals surface area (Å²) in [7, 11) is 4.92. The zero-order chi connectivity index (χ0) is 22.4. The molecule has 164 valence electrons. The van der Waals surface area contributed by atoms with E-state index in [0.717, 1.165) is 29.0 Å². The van der Waals surface area contributed by atoms with E-state index in [1.165, 1.54) is 11.6 Å². The van der Waals surface area contributed by atoms with Crippen LogP contribution in [0.2, 0.25) is 5.02 Å². The number of benzene rings is 1. The first-order valence-corrected chi connectivity index (χ1v) is 10.6. The van der Waals surface area contributed by atoms with E-state index in [0.29, 0.717) is 34.7 Å². The predicted molar refractivity (Wildman–Crippen MR) is 122 cm³/mol. The maximum absolute atomic E-state index is 13.1. The molecule has 1 aliphatic heterocycles. The summed E-state index contributed by atoms with van der Waals surface area (Å²) in [6, 6.07) is 7.71. The molecule has 0 aliphatic carbocycles. The first kappa shape index (κ1) is 21.2.